The van der Waals surface area contributed by atoms with Crippen molar-refractivity contribution in [3.05, 3.63) is 53.2 Å². The van der Waals surface area contributed by atoms with Crippen LogP contribution in [0.3, 0.4) is 0 Å². The Morgan fingerprint density at radius 2 is 2.11 bits per heavy atom. The molecule has 0 radical (unpaired) electrons. The molecule has 5 rings (SSSR count). The molecule has 1 amide bonds. The molecule has 1 fully saturated rings. The first-order valence-electron chi connectivity index (χ1n) is 9.19. The maximum absolute atomic E-state index is 12.8. The molecule has 1 aromatic carbocycles. The predicted octanol–water partition coefficient (Wildman–Crippen LogP) is 4.63. The molecular weight excluding hydrogens is 370 g/mol. The van der Waals surface area contributed by atoms with Crippen LogP contribution in [0.25, 0.3) is 21.1 Å². The van der Waals surface area contributed by atoms with E-state index in [1.54, 1.807) is 6.20 Å². The number of anilines is 2. The highest BCUT2D eigenvalue weighted by Gasteiger charge is 2.23. The molecule has 1 aliphatic rings. The molecule has 4 heterocycles. The summed E-state index contributed by atoms with van der Waals surface area (Å²) in [5.74, 6) is 0.0534. The van der Waals surface area contributed by atoms with Gasteiger partial charge in [0.2, 0.25) is 0 Å². The second kappa shape index (κ2) is 6.66. The molecule has 28 heavy (non-hydrogen) atoms. The number of carbonyl (C=O) groups excluding carboxylic acids is 1. The number of likely N-dealkylation sites (tertiary alicyclic amines) is 1. The highest BCUT2D eigenvalue weighted by atomic mass is 32.1. The molecule has 6 nitrogen and oxygen atoms in total. The third-order valence-corrected chi connectivity index (χ3v) is 6.17. The van der Waals surface area contributed by atoms with Crippen LogP contribution in [0, 0.1) is 11.3 Å². The van der Waals surface area contributed by atoms with Crippen molar-refractivity contribution >= 4 is 49.7 Å². The lowest BCUT2D eigenvalue weighted by Crippen LogP contribution is -2.26. The fraction of sp³-hybridized carbons (Fsp3) is 0.190. The lowest BCUT2D eigenvalue weighted by Gasteiger charge is -2.13. The molecule has 7 heteroatoms. The summed E-state index contributed by atoms with van der Waals surface area (Å²) in [5.41, 5.74) is 3.07. The molecule has 0 bridgehead atoms. The standard InChI is InChI=1S/C21H17N5OS/c22-11-13-12-24-20-15(10-18(28-20)21(27)26-8-1-2-9-26)19(13)25-17-5-3-4-16-14(17)6-7-23-16/h3-7,10,12,23H,1-2,8-9H2,(H,24,25). The summed E-state index contributed by atoms with van der Waals surface area (Å²) in [7, 11) is 0. The van der Waals surface area contributed by atoms with E-state index in [1.807, 2.05) is 41.4 Å². The van der Waals surface area contributed by atoms with Crippen LogP contribution >= 0.6 is 11.3 Å². The smallest absolute Gasteiger partial charge is 0.264 e. The van der Waals surface area contributed by atoms with Crippen molar-refractivity contribution in [3.63, 3.8) is 0 Å². The number of benzene rings is 1. The van der Waals surface area contributed by atoms with E-state index in [0.717, 1.165) is 52.7 Å². The number of nitrogens with zero attached hydrogens (tertiary/aromatic N) is 3. The van der Waals surface area contributed by atoms with Gasteiger partial charge in [-0.15, -0.1) is 11.3 Å². The second-order valence-corrected chi connectivity index (χ2v) is 7.89. The maximum atomic E-state index is 12.8. The zero-order chi connectivity index (χ0) is 19.1. The van der Waals surface area contributed by atoms with E-state index < -0.39 is 0 Å². The number of carbonyl (C=O) groups is 1. The van der Waals surface area contributed by atoms with Crippen molar-refractivity contribution in [3.8, 4) is 6.07 Å². The number of thiophene rings is 1. The number of fused-ring (bicyclic) bond motifs is 2. The van der Waals surface area contributed by atoms with Crippen LogP contribution in [0.4, 0.5) is 11.4 Å². The second-order valence-electron chi connectivity index (χ2n) is 6.86. The van der Waals surface area contributed by atoms with Gasteiger partial charge in [0.05, 0.1) is 16.1 Å². The molecule has 4 aromatic rings. The van der Waals surface area contributed by atoms with Crippen LogP contribution in [-0.2, 0) is 0 Å². The molecule has 0 spiro atoms. The Morgan fingerprint density at radius 3 is 2.93 bits per heavy atom. The van der Waals surface area contributed by atoms with Gasteiger partial charge in [-0.25, -0.2) is 4.98 Å². The van der Waals surface area contributed by atoms with Crippen molar-refractivity contribution in [2.75, 3.05) is 18.4 Å². The third kappa shape index (κ3) is 2.70. The summed E-state index contributed by atoms with van der Waals surface area (Å²) in [5, 5.41) is 14.9. The maximum Gasteiger partial charge on any atom is 0.264 e. The Bertz CT molecular complexity index is 1240. The Labute approximate surface area is 165 Å². The van der Waals surface area contributed by atoms with E-state index >= 15 is 0 Å². The first-order chi connectivity index (χ1) is 13.7. The van der Waals surface area contributed by atoms with Gasteiger partial charge < -0.3 is 15.2 Å². The number of hydrogen-bond donors (Lipinski definition) is 2. The summed E-state index contributed by atoms with van der Waals surface area (Å²) in [6.45, 7) is 1.62. The van der Waals surface area contributed by atoms with Crippen LogP contribution in [-0.4, -0.2) is 33.9 Å². The zero-order valence-electron chi connectivity index (χ0n) is 15.0. The van der Waals surface area contributed by atoms with Crippen molar-refractivity contribution in [1.82, 2.24) is 14.9 Å². The van der Waals surface area contributed by atoms with E-state index in [4.69, 9.17) is 0 Å². The van der Waals surface area contributed by atoms with Crippen molar-refractivity contribution < 1.29 is 4.79 Å². The minimum atomic E-state index is 0.0534. The topological polar surface area (TPSA) is 84.8 Å². The van der Waals surface area contributed by atoms with E-state index in [9.17, 15) is 10.1 Å². The number of H-pyrrole nitrogens is 1. The van der Waals surface area contributed by atoms with Gasteiger partial charge >= 0.3 is 0 Å². The number of amides is 1. The van der Waals surface area contributed by atoms with E-state index in [0.29, 0.717) is 16.1 Å². The number of nitrogens with one attached hydrogen (secondary N) is 2. The van der Waals surface area contributed by atoms with Gasteiger partial charge in [0.15, 0.2) is 0 Å². The van der Waals surface area contributed by atoms with E-state index in [2.05, 4.69) is 21.4 Å². The lowest BCUT2D eigenvalue weighted by molar-refractivity contribution is 0.0797. The fourth-order valence-corrected chi connectivity index (χ4v) is 4.70. The first kappa shape index (κ1) is 16.8. The average Bonchev–Trinajstić information content (AvgIpc) is 3.47. The van der Waals surface area contributed by atoms with Crippen molar-refractivity contribution in [1.29, 1.82) is 5.26 Å². The third-order valence-electron chi connectivity index (χ3n) is 5.14. The molecule has 0 unspecified atom stereocenters. The minimum absolute atomic E-state index is 0.0534. The van der Waals surface area contributed by atoms with Crippen LogP contribution in [0.2, 0.25) is 0 Å². The summed E-state index contributed by atoms with van der Waals surface area (Å²) in [6, 6.07) is 12.0. The largest absolute Gasteiger partial charge is 0.361 e. The Kier molecular flexibility index (Phi) is 3.99. The van der Waals surface area contributed by atoms with E-state index in [-0.39, 0.29) is 5.91 Å². The first-order valence-corrected chi connectivity index (χ1v) is 10.0. The molecule has 3 aromatic heterocycles. The summed E-state index contributed by atoms with van der Waals surface area (Å²) in [6.07, 6.45) is 5.57. The number of aromatic nitrogens is 2. The minimum Gasteiger partial charge on any atom is -0.361 e. The van der Waals surface area contributed by atoms with Crippen LogP contribution < -0.4 is 5.32 Å². The average molecular weight is 387 g/mol. The quantitative estimate of drug-likeness (QED) is 0.537. The van der Waals surface area contributed by atoms with Gasteiger partial charge in [-0.2, -0.15) is 5.26 Å². The van der Waals surface area contributed by atoms with Gasteiger partial charge in [0.1, 0.15) is 10.9 Å². The predicted molar refractivity (Wildman–Crippen MR) is 111 cm³/mol. The normalized spacial score (nSPS) is 13.9. The van der Waals surface area contributed by atoms with Crippen molar-refractivity contribution in [2.45, 2.75) is 12.8 Å². The van der Waals surface area contributed by atoms with Crippen LogP contribution in [0.15, 0.2) is 42.7 Å². The molecule has 0 aliphatic carbocycles. The van der Waals surface area contributed by atoms with Gasteiger partial charge in [0, 0.05) is 47.5 Å². The van der Waals surface area contributed by atoms with Gasteiger partial charge in [-0.05, 0) is 37.1 Å². The lowest BCUT2D eigenvalue weighted by atomic mass is 10.1. The molecule has 138 valence electrons. The van der Waals surface area contributed by atoms with Crippen LogP contribution in [0.5, 0.6) is 0 Å². The summed E-state index contributed by atoms with van der Waals surface area (Å²) < 4.78 is 0. The van der Waals surface area contributed by atoms with Gasteiger partial charge in [-0.1, -0.05) is 6.07 Å². The molecule has 1 saturated heterocycles. The molecule has 2 N–H and O–H groups in total. The Morgan fingerprint density at radius 1 is 1.25 bits per heavy atom. The van der Waals surface area contributed by atoms with Gasteiger partial charge in [-0.3, -0.25) is 4.79 Å². The monoisotopic (exact) mass is 387 g/mol. The van der Waals surface area contributed by atoms with Gasteiger partial charge in [0.25, 0.3) is 5.91 Å². The number of aromatic amines is 1. The molecule has 0 atom stereocenters. The summed E-state index contributed by atoms with van der Waals surface area (Å²) in [4.78, 5) is 23.7. The summed E-state index contributed by atoms with van der Waals surface area (Å²) >= 11 is 1.38. The number of pyridine rings is 1. The van der Waals surface area contributed by atoms with E-state index in [1.165, 1.54) is 11.3 Å². The highest BCUT2D eigenvalue weighted by Crippen LogP contribution is 2.36. The fourth-order valence-electron chi connectivity index (χ4n) is 3.72. The number of nitriles is 1. The highest BCUT2D eigenvalue weighted by molar-refractivity contribution is 7.20. The molecular formula is C21H17N5OS. The Balaban J connectivity index is 1.61. The zero-order valence-corrected chi connectivity index (χ0v) is 15.8. The number of hydrogen-bond acceptors (Lipinski definition) is 5. The van der Waals surface area contributed by atoms with Crippen LogP contribution in [0.1, 0.15) is 28.1 Å². The Hall–Kier alpha value is -3.37. The molecule has 0 saturated carbocycles. The SMILES string of the molecule is N#Cc1cnc2sc(C(=O)N3CCCC3)cc2c1Nc1cccc2[nH]ccc12. The number of rotatable bonds is 3. The molecule has 1 aliphatic heterocycles. The van der Waals surface area contributed by atoms with Crippen molar-refractivity contribution in [2.24, 2.45) is 0 Å².